The molecule has 0 radical (unpaired) electrons. The molecule has 1 fully saturated rings. The van der Waals surface area contributed by atoms with E-state index in [1.807, 2.05) is 12.5 Å². The molecule has 4 nitrogen and oxygen atoms in total. The Morgan fingerprint density at radius 3 is 1.50 bits per heavy atom. The molecule has 0 N–H and O–H groups in total. The SMILES string of the molecule is C1=C(CN2CCN(CC3=CO3)CC2)O1. The first kappa shape index (κ1) is 8.32. The van der Waals surface area contributed by atoms with Crippen molar-refractivity contribution in [3.8, 4) is 0 Å². The van der Waals surface area contributed by atoms with Crippen LogP contribution < -0.4 is 0 Å². The molecule has 3 aliphatic rings. The summed E-state index contributed by atoms with van der Waals surface area (Å²) in [6.07, 6.45) is 3.66. The van der Waals surface area contributed by atoms with Crippen LogP contribution in [-0.4, -0.2) is 49.1 Å². The van der Waals surface area contributed by atoms with Gasteiger partial charge in [0.25, 0.3) is 0 Å². The van der Waals surface area contributed by atoms with Gasteiger partial charge in [0.05, 0.1) is 13.1 Å². The van der Waals surface area contributed by atoms with E-state index >= 15 is 0 Å². The summed E-state index contributed by atoms with van der Waals surface area (Å²) in [5.41, 5.74) is 0. The maximum absolute atomic E-state index is 5.02. The van der Waals surface area contributed by atoms with Crippen molar-refractivity contribution in [3.05, 3.63) is 24.0 Å². The number of hydrogen-bond acceptors (Lipinski definition) is 4. The number of piperazine rings is 1. The zero-order valence-electron chi connectivity index (χ0n) is 8.11. The molecule has 14 heavy (non-hydrogen) atoms. The second kappa shape index (κ2) is 3.29. The minimum absolute atomic E-state index is 0.993. The summed E-state index contributed by atoms with van der Waals surface area (Å²) in [5.74, 6) is 2.26. The van der Waals surface area contributed by atoms with E-state index in [0.29, 0.717) is 0 Å². The molecule has 3 aliphatic heterocycles. The third kappa shape index (κ3) is 2.08. The molecule has 0 amide bonds. The highest BCUT2D eigenvalue weighted by Crippen LogP contribution is 2.18. The molecule has 3 rings (SSSR count). The topological polar surface area (TPSA) is 31.5 Å². The normalized spacial score (nSPS) is 26.0. The molecule has 4 heteroatoms. The molecule has 0 aromatic rings. The van der Waals surface area contributed by atoms with Gasteiger partial charge in [-0.3, -0.25) is 9.80 Å². The van der Waals surface area contributed by atoms with Gasteiger partial charge >= 0.3 is 0 Å². The summed E-state index contributed by atoms with van der Waals surface area (Å²) >= 11 is 0. The van der Waals surface area contributed by atoms with Crippen LogP contribution in [0.2, 0.25) is 0 Å². The van der Waals surface area contributed by atoms with Gasteiger partial charge in [0.1, 0.15) is 12.5 Å². The molecule has 0 bridgehead atoms. The van der Waals surface area contributed by atoms with Gasteiger partial charge in [-0.15, -0.1) is 0 Å². The fraction of sp³-hybridized carbons (Fsp3) is 0.600. The van der Waals surface area contributed by atoms with E-state index in [1.54, 1.807) is 0 Å². The first-order chi connectivity index (χ1) is 6.90. The fourth-order valence-electron chi connectivity index (χ4n) is 1.78. The van der Waals surface area contributed by atoms with Crippen LogP contribution in [0.3, 0.4) is 0 Å². The second-order valence-electron chi connectivity index (χ2n) is 3.96. The zero-order valence-corrected chi connectivity index (χ0v) is 8.11. The molecule has 0 aliphatic carbocycles. The van der Waals surface area contributed by atoms with Crippen LogP contribution in [0, 0.1) is 0 Å². The maximum atomic E-state index is 5.02. The Kier molecular flexibility index (Phi) is 1.96. The van der Waals surface area contributed by atoms with E-state index in [1.165, 1.54) is 0 Å². The molecule has 1 saturated heterocycles. The molecule has 0 aromatic heterocycles. The molecule has 3 heterocycles. The smallest absolute Gasteiger partial charge is 0.152 e. The molecule has 0 saturated carbocycles. The lowest BCUT2D eigenvalue weighted by Crippen LogP contribution is -2.46. The molecule has 0 aromatic carbocycles. The van der Waals surface area contributed by atoms with Crippen LogP contribution in [0.15, 0.2) is 24.0 Å². The number of rotatable bonds is 4. The molecule has 0 spiro atoms. The average Bonchev–Trinajstić information content (AvgIpc) is 3.02. The Morgan fingerprint density at radius 2 is 1.21 bits per heavy atom. The lowest BCUT2D eigenvalue weighted by Gasteiger charge is -2.32. The van der Waals surface area contributed by atoms with E-state index in [-0.39, 0.29) is 0 Å². The maximum Gasteiger partial charge on any atom is 0.152 e. The number of nitrogens with zero attached hydrogens (tertiary/aromatic N) is 2. The largest absolute Gasteiger partial charge is 0.461 e. The van der Waals surface area contributed by atoms with Crippen molar-refractivity contribution >= 4 is 0 Å². The highest BCUT2D eigenvalue weighted by molar-refractivity contribution is 5.07. The van der Waals surface area contributed by atoms with Crippen LogP contribution in [0.25, 0.3) is 0 Å². The van der Waals surface area contributed by atoms with Crippen LogP contribution >= 0.6 is 0 Å². The average molecular weight is 194 g/mol. The van der Waals surface area contributed by atoms with Crippen LogP contribution in [-0.2, 0) is 9.47 Å². The molecule has 0 atom stereocenters. The predicted molar refractivity (Wildman–Crippen MR) is 51.2 cm³/mol. The number of ether oxygens (including phenoxy) is 2. The lowest BCUT2D eigenvalue weighted by atomic mass is 10.3. The van der Waals surface area contributed by atoms with E-state index in [9.17, 15) is 0 Å². The van der Waals surface area contributed by atoms with Crippen LogP contribution in [0.4, 0.5) is 0 Å². The Bertz CT molecular complexity index is 260. The highest BCUT2D eigenvalue weighted by Gasteiger charge is 2.23. The van der Waals surface area contributed by atoms with Gasteiger partial charge in [0.2, 0.25) is 0 Å². The van der Waals surface area contributed by atoms with Crippen LogP contribution in [0.5, 0.6) is 0 Å². The van der Waals surface area contributed by atoms with E-state index < -0.39 is 0 Å². The van der Waals surface area contributed by atoms with Gasteiger partial charge in [0, 0.05) is 26.2 Å². The first-order valence-corrected chi connectivity index (χ1v) is 5.06. The third-order valence-corrected chi connectivity index (χ3v) is 2.79. The fourth-order valence-corrected chi connectivity index (χ4v) is 1.78. The second-order valence-corrected chi connectivity index (χ2v) is 3.96. The Balaban J connectivity index is 1.41. The van der Waals surface area contributed by atoms with Gasteiger partial charge in [0.15, 0.2) is 11.5 Å². The number of hydrogen-bond donors (Lipinski definition) is 0. The van der Waals surface area contributed by atoms with Crippen molar-refractivity contribution < 1.29 is 9.47 Å². The standard InChI is InChI=1S/C10H14N2O2/c1-2-12(6-10-8-14-10)4-3-11(1)5-9-7-13-9/h7-8H,1-6H2. The minimum atomic E-state index is 0.993. The van der Waals surface area contributed by atoms with Gasteiger partial charge in [-0.2, -0.15) is 0 Å². The highest BCUT2D eigenvalue weighted by atomic mass is 16.5. The quantitative estimate of drug-likeness (QED) is 0.646. The van der Waals surface area contributed by atoms with Crippen molar-refractivity contribution in [3.63, 3.8) is 0 Å². The van der Waals surface area contributed by atoms with E-state index in [0.717, 1.165) is 50.8 Å². The Morgan fingerprint density at radius 1 is 0.857 bits per heavy atom. The molecule has 0 unspecified atom stereocenters. The Hall–Kier alpha value is -1.00. The molecule has 76 valence electrons. The Labute approximate surface area is 83.4 Å². The van der Waals surface area contributed by atoms with Crippen molar-refractivity contribution in [2.24, 2.45) is 0 Å². The van der Waals surface area contributed by atoms with E-state index in [2.05, 4.69) is 9.80 Å². The predicted octanol–water partition coefficient (Wildman–Crippen LogP) is 0.347. The first-order valence-electron chi connectivity index (χ1n) is 5.06. The summed E-state index contributed by atoms with van der Waals surface area (Å²) in [5, 5.41) is 0. The summed E-state index contributed by atoms with van der Waals surface area (Å²) < 4.78 is 10.0. The third-order valence-electron chi connectivity index (χ3n) is 2.79. The van der Waals surface area contributed by atoms with Gasteiger partial charge < -0.3 is 9.47 Å². The summed E-state index contributed by atoms with van der Waals surface area (Å²) in [7, 11) is 0. The minimum Gasteiger partial charge on any atom is -0.461 e. The van der Waals surface area contributed by atoms with Gasteiger partial charge in [-0.25, -0.2) is 0 Å². The van der Waals surface area contributed by atoms with E-state index in [4.69, 9.17) is 9.47 Å². The van der Waals surface area contributed by atoms with Crippen molar-refractivity contribution in [1.82, 2.24) is 9.80 Å². The van der Waals surface area contributed by atoms with Crippen molar-refractivity contribution in [2.75, 3.05) is 39.3 Å². The zero-order chi connectivity index (χ0) is 9.38. The molecular formula is C10H14N2O2. The summed E-state index contributed by atoms with van der Waals surface area (Å²) in [6, 6.07) is 0. The summed E-state index contributed by atoms with van der Waals surface area (Å²) in [6.45, 7) is 6.52. The monoisotopic (exact) mass is 194 g/mol. The van der Waals surface area contributed by atoms with Gasteiger partial charge in [-0.05, 0) is 0 Å². The van der Waals surface area contributed by atoms with Crippen molar-refractivity contribution in [2.45, 2.75) is 0 Å². The molecular weight excluding hydrogens is 180 g/mol. The lowest BCUT2D eigenvalue weighted by molar-refractivity contribution is 0.140. The van der Waals surface area contributed by atoms with Crippen LogP contribution in [0.1, 0.15) is 0 Å². The summed E-state index contributed by atoms with van der Waals surface area (Å²) in [4.78, 5) is 4.86. The van der Waals surface area contributed by atoms with Gasteiger partial charge in [-0.1, -0.05) is 0 Å². The van der Waals surface area contributed by atoms with Crippen molar-refractivity contribution in [1.29, 1.82) is 0 Å².